The molecule has 1 aliphatic rings. The van der Waals surface area contributed by atoms with Gasteiger partial charge in [-0.15, -0.1) is 0 Å². The molecule has 0 aromatic heterocycles. The first-order chi connectivity index (χ1) is 25.0. The molecule has 5 rings (SSSR count). The molecule has 0 saturated heterocycles. The third kappa shape index (κ3) is 9.09. The molecule has 2 N–H and O–H groups in total. The molecule has 14 nitrogen and oxygen atoms in total. The van der Waals surface area contributed by atoms with Gasteiger partial charge in [0.25, 0.3) is 5.69 Å². The Hall–Kier alpha value is -6.70. The van der Waals surface area contributed by atoms with E-state index in [-0.39, 0.29) is 43.7 Å². The van der Waals surface area contributed by atoms with E-state index in [0.29, 0.717) is 16.8 Å². The van der Waals surface area contributed by atoms with Gasteiger partial charge in [0, 0.05) is 37.3 Å². The fraction of sp³-hybridized carbons (Fsp3) is 0.211. The van der Waals surface area contributed by atoms with Crippen LogP contribution in [0.25, 0.3) is 11.1 Å². The molecular formula is C38H36N4O10. The Morgan fingerprint density at radius 3 is 2.19 bits per heavy atom. The second kappa shape index (κ2) is 16.8. The third-order valence-electron chi connectivity index (χ3n) is 8.18. The lowest BCUT2D eigenvalue weighted by molar-refractivity contribution is -0.384. The molecule has 0 aliphatic heterocycles. The maximum atomic E-state index is 13.1. The van der Waals surface area contributed by atoms with E-state index in [4.69, 9.17) is 18.9 Å². The second-order valence-electron chi connectivity index (χ2n) is 11.8. The lowest BCUT2D eigenvalue weighted by Crippen LogP contribution is -2.42. The number of amides is 3. The van der Waals surface area contributed by atoms with E-state index in [0.717, 1.165) is 22.3 Å². The average Bonchev–Trinajstić information content (AvgIpc) is 3.46. The Balaban J connectivity index is 1.20. The summed E-state index contributed by atoms with van der Waals surface area (Å²) in [6.45, 7) is 4.86. The molecule has 0 radical (unpaired) electrons. The van der Waals surface area contributed by atoms with Gasteiger partial charge in [-0.3, -0.25) is 14.9 Å². The fourth-order valence-corrected chi connectivity index (χ4v) is 5.58. The molecule has 0 heterocycles. The van der Waals surface area contributed by atoms with Crippen molar-refractivity contribution in [2.24, 2.45) is 0 Å². The molecule has 0 bridgehead atoms. The second-order valence-corrected chi connectivity index (χ2v) is 11.8. The molecule has 268 valence electrons. The number of ether oxygens (including phenoxy) is 4. The van der Waals surface area contributed by atoms with Crippen LogP contribution in [0.2, 0.25) is 0 Å². The number of nitro groups is 1. The van der Waals surface area contributed by atoms with Crippen molar-refractivity contribution < 1.29 is 43.0 Å². The van der Waals surface area contributed by atoms with Gasteiger partial charge in [-0.25, -0.2) is 14.4 Å². The van der Waals surface area contributed by atoms with Gasteiger partial charge in [-0.1, -0.05) is 67.3 Å². The van der Waals surface area contributed by atoms with Crippen LogP contribution in [0.5, 0.6) is 5.75 Å². The predicted octanol–water partition coefficient (Wildman–Crippen LogP) is 6.93. The summed E-state index contributed by atoms with van der Waals surface area (Å²) in [6, 6.07) is 24.6. The van der Waals surface area contributed by atoms with Gasteiger partial charge in [0.2, 0.25) is 5.91 Å². The molecule has 0 fully saturated rings. The van der Waals surface area contributed by atoms with Crippen LogP contribution in [0.1, 0.15) is 35.1 Å². The van der Waals surface area contributed by atoms with Crippen LogP contribution in [0.15, 0.2) is 104 Å². The van der Waals surface area contributed by atoms with Crippen molar-refractivity contribution in [2.45, 2.75) is 32.0 Å². The Morgan fingerprint density at radius 1 is 0.904 bits per heavy atom. The van der Waals surface area contributed by atoms with Crippen LogP contribution in [-0.2, 0) is 32.2 Å². The highest BCUT2D eigenvalue weighted by Gasteiger charge is 2.29. The number of nitrogens with zero attached hydrogens (tertiary/aromatic N) is 2. The average molecular weight is 709 g/mol. The number of anilines is 1. The predicted molar refractivity (Wildman–Crippen MR) is 190 cm³/mol. The Labute approximate surface area is 299 Å². The molecule has 52 heavy (non-hydrogen) atoms. The summed E-state index contributed by atoms with van der Waals surface area (Å²) in [5.41, 5.74) is 5.46. The highest BCUT2D eigenvalue weighted by molar-refractivity contribution is 5.96. The van der Waals surface area contributed by atoms with Crippen molar-refractivity contribution in [1.82, 2.24) is 10.2 Å². The van der Waals surface area contributed by atoms with Crippen LogP contribution in [0.3, 0.4) is 0 Å². The van der Waals surface area contributed by atoms with Gasteiger partial charge in [-0.05, 0) is 64.6 Å². The maximum Gasteiger partial charge on any atom is 0.514 e. The van der Waals surface area contributed by atoms with E-state index in [1.807, 2.05) is 48.5 Å². The minimum atomic E-state index is -1.07. The SMILES string of the molecule is C=CCOC(=O)N(C)Cc1cc(NC(=O)[C@H](C)NC(=O)OCC2c3ccccc3-c3ccccc32)ccc1COC(=O)Oc1ccc([N+](=O)[O-])cc1. The molecular weight excluding hydrogens is 672 g/mol. The summed E-state index contributed by atoms with van der Waals surface area (Å²) < 4.78 is 21.1. The van der Waals surface area contributed by atoms with Crippen molar-refractivity contribution in [2.75, 3.05) is 25.6 Å². The summed E-state index contributed by atoms with van der Waals surface area (Å²) in [6.07, 6.45) is -1.03. The summed E-state index contributed by atoms with van der Waals surface area (Å²) in [4.78, 5) is 62.3. The zero-order valence-electron chi connectivity index (χ0n) is 28.4. The summed E-state index contributed by atoms with van der Waals surface area (Å²) in [7, 11) is 1.50. The van der Waals surface area contributed by atoms with Crippen molar-refractivity contribution in [3.8, 4) is 16.9 Å². The molecule has 4 aromatic rings. The summed E-state index contributed by atoms with van der Waals surface area (Å²) in [5.74, 6) is -0.632. The van der Waals surface area contributed by atoms with Gasteiger partial charge in [0.05, 0.1) is 4.92 Å². The first kappa shape index (κ1) is 36.6. The Kier molecular flexibility index (Phi) is 11.8. The zero-order valence-corrected chi connectivity index (χ0v) is 28.4. The number of fused-ring (bicyclic) bond motifs is 3. The first-order valence-corrected chi connectivity index (χ1v) is 16.2. The van der Waals surface area contributed by atoms with E-state index in [1.165, 1.54) is 49.2 Å². The minimum absolute atomic E-state index is 0.00170. The number of nitro benzene ring substituents is 1. The van der Waals surface area contributed by atoms with E-state index in [2.05, 4.69) is 17.2 Å². The molecule has 14 heteroatoms. The molecule has 0 spiro atoms. The number of benzene rings is 4. The number of hydrogen-bond donors (Lipinski definition) is 2. The van der Waals surface area contributed by atoms with Crippen LogP contribution in [0, 0.1) is 10.1 Å². The molecule has 1 aliphatic carbocycles. The molecule has 4 aromatic carbocycles. The molecule has 1 atom stereocenters. The van der Waals surface area contributed by atoms with Crippen molar-refractivity contribution in [3.63, 3.8) is 0 Å². The molecule has 3 amide bonds. The Bertz CT molecular complexity index is 1940. The van der Waals surface area contributed by atoms with Gasteiger partial charge in [0.1, 0.15) is 31.6 Å². The van der Waals surface area contributed by atoms with E-state index in [1.54, 1.807) is 18.2 Å². The minimum Gasteiger partial charge on any atom is -0.449 e. The number of nitrogens with one attached hydrogen (secondary N) is 2. The number of hydrogen-bond acceptors (Lipinski definition) is 10. The lowest BCUT2D eigenvalue weighted by Gasteiger charge is -2.20. The van der Waals surface area contributed by atoms with Crippen LogP contribution in [0.4, 0.5) is 25.8 Å². The number of carbonyl (C=O) groups excluding carboxylic acids is 4. The number of non-ortho nitro benzene ring substituents is 1. The van der Waals surface area contributed by atoms with E-state index < -0.39 is 35.2 Å². The normalized spacial score (nSPS) is 12.0. The van der Waals surface area contributed by atoms with Gasteiger partial charge >= 0.3 is 18.3 Å². The smallest absolute Gasteiger partial charge is 0.449 e. The lowest BCUT2D eigenvalue weighted by atomic mass is 9.98. The standard InChI is InChI=1S/C38H36N4O10/c1-4-19-49-37(45)41(3)21-26-20-27(14-13-25(26)22-51-38(46)52-29-17-15-28(16-18-29)42(47)48)40-35(43)24(2)39-36(44)50-23-34-32-11-7-5-9-30(32)31-10-6-8-12-33(31)34/h4-18,20,24,34H,1,19,21-23H2,2-3H3,(H,39,44)(H,40,43)/t24-/m0/s1. The van der Waals surface area contributed by atoms with Crippen LogP contribution >= 0.6 is 0 Å². The number of carbonyl (C=O) groups is 4. The van der Waals surface area contributed by atoms with Crippen LogP contribution < -0.4 is 15.4 Å². The number of alkyl carbamates (subject to hydrolysis) is 1. The maximum absolute atomic E-state index is 13.1. The fourth-order valence-electron chi connectivity index (χ4n) is 5.58. The highest BCUT2D eigenvalue weighted by Crippen LogP contribution is 2.44. The first-order valence-electron chi connectivity index (χ1n) is 16.2. The topological polar surface area (TPSA) is 176 Å². The summed E-state index contributed by atoms with van der Waals surface area (Å²) >= 11 is 0. The van der Waals surface area contributed by atoms with Gasteiger partial charge in [0.15, 0.2) is 0 Å². The Morgan fingerprint density at radius 2 is 1.56 bits per heavy atom. The van der Waals surface area contributed by atoms with Crippen molar-refractivity contribution in [3.05, 3.63) is 136 Å². The van der Waals surface area contributed by atoms with E-state index in [9.17, 15) is 29.3 Å². The monoisotopic (exact) mass is 708 g/mol. The zero-order chi connectivity index (χ0) is 37.2. The van der Waals surface area contributed by atoms with Crippen LogP contribution in [-0.4, -0.2) is 60.4 Å². The quantitative estimate of drug-likeness (QED) is 0.0370. The van der Waals surface area contributed by atoms with E-state index >= 15 is 0 Å². The van der Waals surface area contributed by atoms with Gasteiger partial charge < -0.3 is 34.5 Å². The largest absolute Gasteiger partial charge is 0.514 e. The number of rotatable bonds is 13. The van der Waals surface area contributed by atoms with Crippen molar-refractivity contribution >= 4 is 35.6 Å². The summed E-state index contributed by atoms with van der Waals surface area (Å²) in [5, 5.41) is 16.2. The third-order valence-corrected chi connectivity index (χ3v) is 8.18. The molecule has 0 saturated carbocycles. The molecule has 0 unspecified atom stereocenters. The highest BCUT2D eigenvalue weighted by atomic mass is 16.7. The van der Waals surface area contributed by atoms with Gasteiger partial charge in [-0.2, -0.15) is 0 Å². The van der Waals surface area contributed by atoms with Crippen molar-refractivity contribution in [1.29, 1.82) is 0 Å².